The number of urea groups is 1. The number of benzene rings is 2. The maximum atomic E-state index is 13.4. The van der Waals surface area contributed by atoms with Crippen molar-refractivity contribution in [3.05, 3.63) is 65.2 Å². The van der Waals surface area contributed by atoms with Crippen molar-refractivity contribution < 1.29 is 13.6 Å². The SMILES string of the molecule is O=C(NCC1CCN(c2ccc(F)c(F)c2)C1)N1CCc2ccccc2C1. The van der Waals surface area contributed by atoms with Crippen molar-refractivity contribution in [1.82, 2.24) is 10.2 Å². The number of carbonyl (C=O) groups is 1. The van der Waals surface area contributed by atoms with Crippen LogP contribution in [0.5, 0.6) is 0 Å². The molecule has 2 aromatic carbocycles. The number of nitrogens with one attached hydrogen (secondary N) is 1. The summed E-state index contributed by atoms with van der Waals surface area (Å²) in [5, 5.41) is 3.04. The molecule has 4 rings (SSSR count). The van der Waals surface area contributed by atoms with Crippen molar-refractivity contribution in [3.63, 3.8) is 0 Å². The quantitative estimate of drug-likeness (QED) is 0.896. The lowest BCUT2D eigenvalue weighted by Crippen LogP contribution is -2.44. The Kier molecular flexibility index (Phi) is 4.97. The molecule has 0 spiro atoms. The van der Waals surface area contributed by atoms with Crippen molar-refractivity contribution in [2.24, 2.45) is 5.92 Å². The Morgan fingerprint density at radius 2 is 1.89 bits per heavy atom. The predicted octanol–water partition coefficient (Wildman–Crippen LogP) is 3.56. The van der Waals surface area contributed by atoms with Crippen LogP contribution in [0.4, 0.5) is 19.3 Å². The van der Waals surface area contributed by atoms with Crippen LogP contribution in [0.15, 0.2) is 42.5 Å². The Morgan fingerprint density at radius 1 is 1.07 bits per heavy atom. The summed E-state index contributed by atoms with van der Waals surface area (Å²) in [5.41, 5.74) is 3.22. The largest absolute Gasteiger partial charge is 0.371 e. The maximum absolute atomic E-state index is 13.4. The van der Waals surface area contributed by atoms with Gasteiger partial charge in [-0.05, 0) is 42.0 Å². The summed E-state index contributed by atoms with van der Waals surface area (Å²) in [6, 6.07) is 12.2. The van der Waals surface area contributed by atoms with E-state index in [2.05, 4.69) is 17.4 Å². The van der Waals surface area contributed by atoms with Gasteiger partial charge in [0, 0.05) is 44.5 Å². The van der Waals surface area contributed by atoms with E-state index >= 15 is 0 Å². The molecular weight excluding hydrogens is 348 g/mol. The van der Waals surface area contributed by atoms with Gasteiger partial charge < -0.3 is 15.1 Å². The Morgan fingerprint density at radius 3 is 2.70 bits per heavy atom. The molecule has 0 saturated carbocycles. The van der Waals surface area contributed by atoms with Crippen LogP contribution in [0.3, 0.4) is 0 Å². The Balaban J connectivity index is 1.28. The number of fused-ring (bicyclic) bond motifs is 1. The molecular formula is C21H23F2N3O. The second-order valence-electron chi connectivity index (χ2n) is 7.33. The first-order valence-electron chi connectivity index (χ1n) is 9.40. The van der Waals surface area contributed by atoms with Gasteiger partial charge in [-0.1, -0.05) is 24.3 Å². The minimum Gasteiger partial charge on any atom is -0.371 e. The van der Waals surface area contributed by atoms with E-state index in [9.17, 15) is 13.6 Å². The fourth-order valence-corrected chi connectivity index (χ4v) is 3.93. The molecule has 0 aliphatic carbocycles. The molecule has 0 bridgehead atoms. The number of carbonyl (C=O) groups excluding carboxylic acids is 1. The summed E-state index contributed by atoms with van der Waals surface area (Å²) in [7, 11) is 0. The molecule has 1 fully saturated rings. The third-order valence-electron chi connectivity index (χ3n) is 5.51. The van der Waals surface area contributed by atoms with Crippen LogP contribution in [0, 0.1) is 17.6 Å². The second kappa shape index (κ2) is 7.55. The number of halogens is 2. The number of hydrogen-bond acceptors (Lipinski definition) is 2. The van der Waals surface area contributed by atoms with Gasteiger partial charge in [-0.3, -0.25) is 0 Å². The van der Waals surface area contributed by atoms with Crippen LogP contribution < -0.4 is 10.2 Å². The molecule has 1 unspecified atom stereocenters. The zero-order chi connectivity index (χ0) is 18.8. The van der Waals surface area contributed by atoms with Gasteiger partial charge in [0.25, 0.3) is 0 Å². The number of rotatable bonds is 3. The van der Waals surface area contributed by atoms with Gasteiger partial charge in [0.05, 0.1) is 0 Å². The van der Waals surface area contributed by atoms with Crippen LogP contribution in [0.1, 0.15) is 17.5 Å². The Bertz CT molecular complexity index is 842. The van der Waals surface area contributed by atoms with Gasteiger partial charge >= 0.3 is 6.03 Å². The van der Waals surface area contributed by atoms with Gasteiger partial charge in [0.2, 0.25) is 0 Å². The van der Waals surface area contributed by atoms with E-state index in [1.807, 2.05) is 21.9 Å². The minimum absolute atomic E-state index is 0.0317. The Labute approximate surface area is 157 Å². The highest BCUT2D eigenvalue weighted by molar-refractivity contribution is 5.74. The molecule has 0 aromatic heterocycles. The van der Waals surface area contributed by atoms with E-state index in [-0.39, 0.29) is 6.03 Å². The lowest BCUT2D eigenvalue weighted by Gasteiger charge is -2.29. The maximum Gasteiger partial charge on any atom is 0.317 e. The Hall–Kier alpha value is -2.63. The van der Waals surface area contributed by atoms with E-state index in [4.69, 9.17) is 0 Å². The summed E-state index contributed by atoms with van der Waals surface area (Å²) in [6.07, 6.45) is 1.80. The molecule has 6 heteroatoms. The summed E-state index contributed by atoms with van der Waals surface area (Å²) >= 11 is 0. The zero-order valence-electron chi connectivity index (χ0n) is 15.1. The van der Waals surface area contributed by atoms with E-state index in [1.165, 1.54) is 17.2 Å². The number of nitrogens with zero attached hydrogens (tertiary/aromatic N) is 2. The lowest BCUT2D eigenvalue weighted by molar-refractivity contribution is 0.191. The molecule has 2 heterocycles. The second-order valence-corrected chi connectivity index (χ2v) is 7.33. The number of amides is 2. The molecule has 2 aliphatic heterocycles. The zero-order valence-corrected chi connectivity index (χ0v) is 15.1. The molecule has 142 valence electrons. The van der Waals surface area contributed by atoms with E-state index in [0.717, 1.165) is 38.5 Å². The molecule has 2 aliphatic rings. The minimum atomic E-state index is -0.829. The third kappa shape index (κ3) is 3.89. The van der Waals surface area contributed by atoms with Gasteiger partial charge in [-0.25, -0.2) is 13.6 Å². The van der Waals surface area contributed by atoms with Crippen molar-refractivity contribution >= 4 is 11.7 Å². The monoisotopic (exact) mass is 371 g/mol. The fourth-order valence-electron chi connectivity index (χ4n) is 3.93. The smallest absolute Gasteiger partial charge is 0.317 e. The molecule has 1 saturated heterocycles. The van der Waals surface area contributed by atoms with E-state index in [1.54, 1.807) is 6.07 Å². The van der Waals surface area contributed by atoms with Gasteiger partial charge in [0.15, 0.2) is 11.6 Å². The van der Waals surface area contributed by atoms with Crippen molar-refractivity contribution in [3.8, 4) is 0 Å². The van der Waals surface area contributed by atoms with Crippen molar-refractivity contribution in [1.29, 1.82) is 0 Å². The first kappa shape index (κ1) is 17.8. The van der Waals surface area contributed by atoms with Crippen LogP contribution in [-0.2, 0) is 13.0 Å². The van der Waals surface area contributed by atoms with Gasteiger partial charge in [0.1, 0.15) is 0 Å². The molecule has 1 N–H and O–H groups in total. The number of hydrogen-bond donors (Lipinski definition) is 1. The average Bonchev–Trinajstić information content (AvgIpc) is 3.17. The molecule has 0 radical (unpaired) electrons. The highest BCUT2D eigenvalue weighted by Crippen LogP contribution is 2.25. The summed E-state index contributed by atoms with van der Waals surface area (Å²) < 4.78 is 26.5. The standard InChI is InChI=1S/C21H23F2N3O/c22-19-6-5-18(11-20(19)23)25-9-7-15(13-25)12-24-21(27)26-10-8-16-3-1-2-4-17(16)14-26/h1-6,11,15H,7-10,12-14H2,(H,24,27). The molecule has 2 aromatic rings. The molecule has 27 heavy (non-hydrogen) atoms. The van der Waals surface area contributed by atoms with Crippen LogP contribution >= 0.6 is 0 Å². The third-order valence-corrected chi connectivity index (χ3v) is 5.51. The molecule has 4 nitrogen and oxygen atoms in total. The van der Waals surface area contributed by atoms with Crippen LogP contribution in [0.25, 0.3) is 0 Å². The summed E-state index contributed by atoms with van der Waals surface area (Å²) in [6.45, 7) is 3.48. The van der Waals surface area contributed by atoms with E-state index in [0.29, 0.717) is 24.7 Å². The average molecular weight is 371 g/mol. The van der Waals surface area contributed by atoms with Crippen molar-refractivity contribution in [2.75, 3.05) is 31.1 Å². The predicted molar refractivity (Wildman–Crippen MR) is 101 cm³/mol. The van der Waals surface area contributed by atoms with Gasteiger partial charge in [-0.15, -0.1) is 0 Å². The topological polar surface area (TPSA) is 35.6 Å². The van der Waals surface area contributed by atoms with Gasteiger partial charge in [-0.2, -0.15) is 0 Å². The summed E-state index contributed by atoms with van der Waals surface area (Å²) in [5.74, 6) is -1.35. The molecule has 2 amide bonds. The highest BCUT2D eigenvalue weighted by atomic mass is 19.2. The molecule has 1 atom stereocenters. The van der Waals surface area contributed by atoms with Crippen LogP contribution in [0.2, 0.25) is 0 Å². The number of anilines is 1. The first-order chi connectivity index (χ1) is 13.1. The first-order valence-corrected chi connectivity index (χ1v) is 9.40. The lowest BCUT2D eigenvalue weighted by atomic mass is 10.0. The van der Waals surface area contributed by atoms with Crippen LogP contribution in [-0.4, -0.2) is 37.1 Å². The summed E-state index contributed by atoms with van der Waals surface area (Å²) in [4.78, 5) is 16.4. The fraction of sp³-hybridized carbons (Fsp3) is 0.381. The highest BCUT2D eigenvalue weighted by Gasteiger charge is 2.25. The van der Waals surface area contributed by atoms with Crippen molar-refractivity contribution in [2.45, 2.75) is 19.4 Å². The van der Waals surface area contributed by atoms with E-state index < -0.39 is 11.6 Å². The normalized spacial score (nSPS) is 19.1.